The van der Waals surface area contributed by atoms with Gasteiger partial charge in [0.1, 0.15) is 0 Å². The summed E-state index contributed by atoms with van der Waals surface area (Å²) >= 11 is 0. The zero-order chi connectivity index (χ0) is 13.6. The molecular weight excluding hydrogens is 279 g/mol. The van der Waals surface area contributed by atoms with Gasteiger partial charge in [-0.25, -0.2) is 0 Å². The molecule has 0 amide bonds. The number of nitrogens with two attached hydrogens (primary N) is 1. The standard InChI is InChI=1S/C12H18F3N3.ClH/c1-11(2,16)7-18-9(8-4-3-5-8)6-10(17-18)12(13,14)15;/h6,8H,3-5,7,16H2,1-2H3;1H. The molecule has 1 aromatic heterocycles. The number of hydrogen-bond donors (Lipinski definition) is 1. The van der Waals surface area contributed by atoms with Crippen molar-refractivity contribution in [1.82, 2.24) is 9.78 Å². The first-order chi connectivity index (χ1) is 8.17. The van der Waals surface area contributed by atoms with Crippen molar-refractivity contribution in [3.63, 3.8) is 0 Å². The van der Waals surface area contributed by atoms with Gasteiger partial charge in [-0.05, 0) is 32.8 Å². The minimum Gasteiger partial charge on any atom is -0.324 e. The van der Waals surface area contributed by atoms with E-state index in [2.05, 4.69) is 5.10 Å². The summed E-state index contributed by atoms with van der Waals surface area (Å²) in [6, 6.07) is 1.18. The summed E-state index contributed by atoms with van der Waals surface area (Å²) in [6.07, 6.45) is -1.44. The van der Waals surface area contributed by atoms with Crippen molar-refractivity contribution in [3.05, 3.63) is 17.5 Å². The fraction of sp³-hybridized carbons (Fsp3) is 0.750. The third kappa shape index (κ3) is 3.86. The smallest absolute Gasteiger partial charge is 0.324 e. The zero-order valence-electron chi connectivity index (χ0n) is 11.0. The number of nitrogens with zero attached hydrogens (tertiary/aromatic N) is 2. The van der Waals surface area contributed by atoms with Crippen LogP contribution in [0.25, 0.3) is 0 Å². The maximum Gasteiger partial charge on any atom is 0.435 e. The molecule has 0 aromatic carbocycles. The highest BCUT2D eigenvalue weighted by molar-refractivity contribution is 5.85. The number of halogens is 4. The van der Waals surface area contributed by atoms with Crippen molar-refractivity contribution in [1.29, 1.82) is 0 Å². The molecule has 0 saturated heterocycles. The van der Waals surface area contributed by atoms with Gasteiger partial charge < -0.3 is 5.73 Å². The monoisotopic (exact) mass is 297 g/mol. The first kappa shape index (κ1) is 16.3. The van der Waals surface area contributed by atoms with Crippen LogP contribution in [0.3, 0.4) is 0 Å². The van der Waals surface area contributed by atoms with Crippen molar-refractivity contribution < 1.29 is 13.2 Å². The van der Waals surface area contributed by atoms with Gasteiger partial charge in [-0.15, -0.1) is 12.4 Å². The summed E-state index contributed by atoms with van der Waals surface area (Å²) in [4.78, 5) is 0. The predicted molar refractivity (Wildman–Crippen MR) is 69.3 cm³/mol. The third-order valence-electron chi connectivity index (χ3n) is 3.18. The van der Waals surface area contributed by atoms with Crippen molar-refractivity contribution in [2.45, 2.75) is 57.3 Å². The molecule has 2 N–H and O–H groups in total. The van der Waals surface area contributed by atoms with Crippen LogP contribution in [0.15, 0.2) is 6.07 Å². The lowest BCUT2D eigenvalue weighted by molar-refractivity contribution is -0.141. The molecule has 0 spiro atoms. The Labute approximate surface area is 116 Å². The molecule has 0 unspecified atom stereocenters. The number of alkyl halides is 3. The van der Waals surface area contributed by atoms with E-state index in [-0.39, 0.29) is 18.3 Å². The Kier molecular flexibility index (Phi) is 4.57. The van der Waals surface area contributed by atoms with Crippen molar-refractivity contribution in [2.24, 2.45) is 5.73 Å². The van der Waals surface area contributed by atoms with Gasteiger partial charge in [0.2, 0.25) is 0 Å². The Morgan fingerprint density at radius 2 is 1.95 bits per heavy atom. The van der Waals surface area contributed by atoms with E-state index in [1.165, 1.54) is 10.7 Å². The van der Waals surface area contributed by atoms with E-state index in [4.69, 9.17) is 5.73 Å². The quantitative estimate of drug-likeness (QED) is 0.930. The highest BCUT2D eigenvalue weighted by atomic mass is 35.5. The van der Waals surface area contributed by atoms with E-state index in [0.717, 1.165) is 19.3 Å². The van der Waals surface area contributed by atoms with E-state index in [1.807, 2.05) is 0 Å². The fourth-order valence-electron chi connectivity index (χ4n) is 2.12. The molecule has 1 saturated carbocycles. The molecule has 1 aliphatic rings. The second-order valence-corrected chi connectivity index (χ2v) is 5.73. The number of hydrogen-bond acceptors (Lipinski definition) is 2. The fourth-order valence-corrected chi connectivity index (χ4v) is 2.12. The summed E-state index contributed by atoms with van der Waals surface area (Å²) in [5.41, 5.74) is 5.16. The average Bonchev–Trinajstić information content (AvgIpc) is 2.42. The van der Waals surface area contributed by atoms with Crippen LogP contribution < -0.4 is 5.73 Å². The first-order valence-electron chi connectivity index (χ1n) is 6.11. The normalized spacial score (nSPS) is 16.9. The molecule has 2 rings (SSSR count). The van der Waals surface area contributed by atoms with Gasteiger partial charge >= 0.3 is 6.18 Å². The van der Waals surface area contributed by atoms with E-state index in [0.29, 0.717) is 12.2 Å². The maximum atomic E-state index is 12.7. The van der Waals surface area contributed by atoms with Crippen LogP contribution in [0.1, 0.15) is 50.4 Å². The molecule has 1 fully saturated rings. The topological polar surface area (TPSA) is 43.8 Å². The Morgan fingerprint density at radius 3 is 2.32 bits per heavy atom. The third-order valence-corrected chi connectivity index (χ3v) is 3.18. The van der Waals surface area contributed by atoms with Gasteiger partial charge in [0.05, 0.1) is 6.54 Å². The van der Waals surface area contributed by atoms with E-state index < -0.39 is 17.4 Å². The molecule has 0 bridgehead atoms. The molecule has 3 nitrogen and oxygen atoms in total. The summed E-state index contributed by atoms with van der Waals surface area (Å²) in [5.74, 6) is 0.205. The molecule has 1 aromatic rings. The van der Waals surface area contributed by atoms with Gasteiger partial charge in [0, 0.05) is 17.2 Å². The molecule has 1 aliphatic carbocycles. The number of aromatic nitrogens is 2. The molecule has 0 radical (unpaired) electrons. The minimum absolute atomic E-state index is 0. The summed E-state index contributed by atoms with van der Waals surface area (Å²) < 4.78 is 39.5. The Morgan fingerprint density at radius 1 is 1.37 bits per heavy atom. The summed E-state index contributed by atoms with van der Waals surface area (Å²) in [6.45, 7) is 3.87. The van der Waals surface area contributed by atoms with Gasteiger partial charge in [-0.2, -0.15) is 18.3 Å². The van der Waals surface area contributed by atoms with Gasteiger partial charge in [-0.1, -0.05) is 6.42 Å². The molecule has 7 heteroatoms. The highest BCUT2D eigenvalue weighted by Gasteiger charge is 2.37. The lowest BCUT2D eigenvalue weighted by atomic mass is 9.82. The summed E-state index contributed by atoms with van der Waals surface area (Å²) in [5, 5.41) is 3.68. The zero-order valence-corrected chi connectivity index (χ0v) is 11.8. The van der Waals surface area contributed by atoms with Crippen LogP contribution in [0.4, 0.5) is 13.2 Å². The maximum absolute atomic E-state index is 12.7. The molecule has 110 valence electrons. The van der Waals surface area contributed by atoms with Crippen LogP contribution in [-0.4, -0.2) is 15.3 Å². The molecule has 0 aliphatic heterocycles. The average molecular weight is 298 g/mol. The molecule has 19 heavy (non-hydrogen) atoms. The molecule has 0 atom stereocenters. The number of rotatable bonds is 3. The van der Waals surface area contributed by atoms with Crippen LogP contribution >= 0.6 is 12.4 Å². The minimum atomic E-state index is -4.39. The Balaban J connectivity index is 0.00000180. The van der Waals surface area contributed by atoms with E-state index in [9.17, 15) is 13.2 Å². The van der Waals surface area contributed by atoms with Crippen LogP contribution in [0, 0.1) is 0 Å². The van der Waals surface area contributed by atoms with Gasteiger partial charge in [0.15, 0.2) is 5.69 Å². The Hall–Kier alpha value is -0.750. The van der Waals surface area contributed by atoms with E-state index in [1.54, 1.807) is 13.8 Å². The highest BCUT2D eigenvalue weighted by Crippen LogP contribution is 2.39. The summed E-state index contributed by atoms with van der Waals surface area (Å²) in [7, 11) is 0. The van der Waals surface area contributed by atoms with Crippen molar-refractivity contribution >= 4 is 12.4 Å². The lowest BCUT2D eigenvalue weighted by Crippen LogP contribution is -2.38. The molecular formula is C12H19ClF3N3. The second kappa shape index (κ2) is 5.32. The largest absolute Gasteiger partial charge is 0.435 e. The predicted octanol–water partition coefficient (Wildman–Crippen LogP) is 3.33. The molecule has 1 heterocycles. The first-order valence-corrected chi connectivity index (χ1v) is 6.11. The Bertz CT molecular complexity index is 430. The van der Waals surface area contributed by atoms with Crippen molar-refractivity contribution in [2.75, 3.05) is 0 Å². The van der Waals surface area contributed by atoms with Crippen molar-refractivity contribution in [3.8, 4) is 0 Å². The van der Waals surface area contributed by atoms with Crippen LogP contribution in [0.5, 0.6) is 0 Å². The lowest BCUT2D eigenvalue weighted by Gasteiger charge is -2.28. The van der Waals surface area contributed by atoms with Gasteiger partial charge in [-0.3, -0.25) is 4.68 Å². The second-order valence-electron chi connectivity index (χ2n) is 5.73. The van der Waals surface area contributed by atoms with Crippen LogP contribution in [-0.2, 0) is 12.7 Å². The van der Waals surface area contributed by atoms with E-state index >= 15 is 0 Å². The van der Waals surface area contributed by atoms with Crippen LogP contribution in [0.2, 0.25) is 0 Å². The SMILES string of the molecule is CC(C)(N)Cn1nc(C(F)(F)F)cc1C1CCC1.Cl. The van der Waals surface area contributed by atoms with Gasteiger partial charge in [0.25, 0.3) is 0 Å².